The SMILES string of the molecule is Cc1cc(Oc2ccnc3[nH]ccc23)ccc1N. The van der Waals surface area contributed by atoms with E-state index in [1.54, 1.807) is 6.20 Å². The fourth-order valence-corrected chi connectivity index (χ4v) is 1.86. The van der Waals surface area contributed by atoms with E-state index in [1.807, 2.05) is 43.5 Å². The summed E-state index contributed by atoms with van der Waals surface area (Å²) in [5, 5.41) is 0.965. The Balaban J connectivity index is 2.01. The quantitative estimate of drug-likeness (QED) is 0.675. The summed E-state index contributed by atoms with van der Waals surface area (Å²) in [5.41, 5.74) is 8.38. The van der Waals surface area contributed by atoms with Crippen molar-refractivity contribution in [1.82, 2.24) is 9.97 Å². The molecule has 3 rings (SSSR count). The average Bonchev–Trinajstić information content (AvgIpc) is 2.83. The summed E-state index contributed by atoms with van der Waals surface area (Å²) in [7, 11) is 0. The Labute approximate surface area is 104 Å². The highest BCUT2D eigenvalue weighted by Gasteiger charge is 2.05. The molecule has 4 nitrogen and oxygen atoms in total. The molecule has 0 aliphatic rings. The van der Waals surface area contributed by atoms with Crippen LogP contribution in [0.4, 0.5) is 5.69 Å². The van der Waals surface area contributed by atoms with Gasteiger partial charge in [0.2, 0.25) is 0 Å². The molecule has 18 heavy (non-hydrogen) atoms. The fraction of sp³-hybridized carbons (Fsp3) is 0.0714. The molecule has 2 aromatic heterocycles. The van der Waals surface area contributed by atoms with E-state index in [2.05, 4.69) is 9.97 Å². The van der Waals surface area contributed by atoms with Gasteiger partial charge in [-0.25, -0.2) is 4.98 Å². The molecule has 4 heteroatoms. The van der Waals surface area contributed by atoms with E-state index in [-0.39, 0.29) is 0 Å². The number of ether oxygens (including phenoxy) is 1. The molecular weight excluding hydrogens is 226 g/mol. The Hall–Kier alpha value is -2.49. The molecule has 0 fully saturated rings. The number of nitrogen functional groups attached to an aromatic ring is 1. The Bertz CT molecular complexity index is 703. The number of nitrogens with one attached hydrogen (secondary N) is 1. The van der Waals surface area contributed by atoms with Crippen molar-refractivity contribution in [3.63, 3.8) is 0 Å². The normalized spacial score (nSPS) is 10.7. The standard InChI is InChI=1S/C14H13N3O/c1-9-8-10(2-3-12(9)15)18-13-5-7-17-14-11(13)4-6-16-14/h2-8H,15H2,1H3,(H,16,17). The minimum Gasteiger partial charge on any atom is -0.457 e. The number of aromatic nitrogens is 2. The first-order chi connectivity index (χ1) is 8.74. The lowest BCUT2D eigenvalue weighted by Gasteiger charge is -2.08. The second kappa shape index (κ2) is 4.07. The topological polar surface area (TPSA) is 63.9 Å². The van der Waals surface area contributed by atoms with Crippen LogP contribution in [0.15, 0.2) is 42.7 Å². The monoisotopic (exact) mass is 239 g/mol. The number of H-pyrrole nitrogens is 1. The van der Waals surface area contributed by atoms with E-state index >= 15 is 0 Å². The molecule has 0 spiro atoms. The third-order valence-electron chi connectivity index (χ3n) is 2.89. The molecule has 0 saturated heterocycles. The van der Waals surface area contributed by atoms with Gasteiger partial charge in [-0.15, -0.1) is 0 Å². The van der Waals surface area contributed by atoms with Crippen LogP contribution in [0.1, 0.15) is 5.56 Å². The first kappa shape index (κ1) is 10.7. The minimum atomic E-state index is 0.767. The van der Waals surface area contributed by atoms with E-state index in [4.69, 9.17) is 10.5 Å². The van der Waals surface area contributed by atoms with Crippen molar-refractivity contribution in [3.05, 3.63) is 48.3 Å². The Morgan fingerprint density at radius 1 is 1.22 bits per heavy atom. The first-order valence-corrected chi connectivity index (χ1v) is 5.70. The average molecular weight is 239 g/mol. The lowest BCUT2D eigenvalue weighted by Crippen LogP contribution is -1.91. The molecule has 90 valence electrons. The molecule has 3 aromatic rings. The molecule has 2 heterocycles. The number of rotatable bonds is 2. The van der Waals surface area contributed by atoms with Crippen LogP contribution in [0.3, 0.4) is 0 Å². The van der Waals surface area contributed by atoms with Gasteiger partial charge in [-0.2, -0.15) is 0 Å². The maximum atomic E-state index is 5.87. The smallest absolute Gasteiger partial charge is 0.140 e. The maximum Gasteiger partial charge on any atom is 0.140 e. The molecule has 3 N–H and O–H groups in total. The molecule has 0 aliphatic heterocycles. The zero-order valence-electron chi connectivity index (χ0n) is 9.97. The van der Waals surface area contributed by atoms with E-state index in [1.165, 1.54) is 0 Å². The van der Waals surface area contributed by atoms with Crippen molar-refractivity contribution in [2.24, 2.45) is 0 Å². The van der Waals surface area contributed by atoms with Crippen LogP contribution in [-0.4, -0.2) is 9.97 Å². The van der Waals surface area contributed by atoms with Gasteiger partial charge in [0, 0.05) is 18.1 Å². The minimum absolute atomic E-state index is 0.767. The number of nitrogens with two attached hydrogens (primary N) is 1. The van der Waals surface area contributed by atoms with E-state index < -0.39 is 0 Å². The molecule has 0 aliphatic carbocycles. The van der Waals surface area contributed by atoms with Crippen molar-refractivity contribution in [2.75, 3.05) is 5.73 Å². The lowest BCUT2D eigenvalue weighted by atomic mass is 10.2. The third kappa shape index (κ3) is 1.78. The molecule has 0 saturated carbocycles. The van der Waals surface area contributed by atoms with Crippen molar-refractivity contribution in [2.45, 2.75) is 6.92 Å². The van der Waals surface area contributed by atoms with Crippen LogP contribution in [-0.2, 0) is 0 Å². The zero-order valence-corrected chi connectivity index (χ0v) is 9.97. The van der Waals surface area contributed by atoms with Crippen molar-refractivity contribution in [3.8, 4) is 11.5 Å². The second-order valence-corrected chi connectivity index (χ2v) is 4.17. The number of nitrogens with zero attached hydrogens (tertiary/aromatic N) is 1. The summed E-state index contributed by atoms with van der Waals surface area (Å²) < 4.78 is 5.87. The molecule has 0 unspecified atom stereocenters. The summed E-state index contributed by atoms with van der Waals surface area (Å²) in [6, 6.07) is 9.43. The van der Waals surface area contributed by atoms with Gasteiger partial charge >= 0.3 is 0 Å². The highest BCUT2D eigenvalue weighted by Crippen LogP contribution is 2.29. The number of fused-ring (bicyclic) bond motifs is 1. The molecule has 0 atom stereocenters. The number of hydrogen-bond donors (Lipinski definition) is 2. The fourth-order valence-electron chi connectivity index (χ4n) is 1.86. The summed E-state index contributed by atoms with van der Waals surface area (Å²) >= 11 is 0. The number of aryl methyl sites for hydroxylation is 1. The summed E-state index contributed by atoms with van der Waals surface area (Å²) in [6.45, 7) is 1.96. The summed E-state index contributed by atoms with van der Waals surface area (Å²) in [6.07, 6.45) is 3.57. The second-order valence-electron chi connectivity index (χ2n) is 4.17. The largest absolute Gasteiger partial charge is 0.457 e. The van der Waals surface area contributed by atoms with E-state index in [0.717, 1.165) is 33.8 Å². The molecule has 1 aromatic carbocycles. The number of aromatic amines is 1. The van der Waals surface area contributed by atoms with Crippen molar-refractivity contribution < 1.29 is 4.74 Å². The van der Waals surface area contributed by atoms with Crippen LogP contribution < -0.4 is 10.5 Å². The maximum absolute atomic E-state index is 5.87. The number of hydrogen-bond acceptors (Lipinski definition) is 3. The number of pyridine rings is 1. The van der Waals surface area contributed by atoms with Gasteiger partial charge in [-0.05, 0) is 42.8 Å². The van der Waals surface area contributed by atoms with Gasteiger partial charge in [0.1, 0.15) is 17.1 Å². The van der Waals surface area contributed by atoms with Crippen LogP contribution in [0.5, 0.6) is 11.5 Å². The highest BCUT2D eigenvalue weighted by atomic mass is 16.5. The van der Waals surface area contributed by atoms with Gasteiger partial charge in [-0.1, -0.05) is 0 Å². The number of benzene rings is 1. The van der Waals surface area contributed by atoms with Crippen molar-refractivity contribution >= 4 is 16.7 Å². The van der Waals surface area contributed by atoms with Crippen LogP contribution in [0, 0.1) is 6.92 Å². The van der Waals surface area contributed by atoms with Crippen LogP contribution >= 0.6 is 0 Å². The molecule has 0 radical (unpaired) electrons. The molecular formula is C14H13N3O. The predicted molar refractivity (Wildman–Crippen MR) is 71.8 cm³/mol. The van der Waals surface area contributed by atoms with Crippen LogP contribution in [0.25, 0.3) is 11.0 Å². The molecule has 0 amide bonds. The van der Waals surface area contributed by atoms with Gasteiger partial charge < -0.3 is 15.5 Å². The molecule has 0 bridgehead atoms. The predicted octanol–water partition coefficient (Wildman–Crippen LogP) is 3.25. The highest BCUT2D eigenvalue weighted by molar-refractivity contribution is 5.82. The lowest BCUT2D eigenvalue weighted by molar-refractivity contribution is 0.487. The van der Waals surface area contributed by atoms with Crippen molar-refractivity contribution in [1.29, 1.82) is 0 Å². The van der Waals surface area contributed by atoms with Crippen LogP contribution in [0.2, 0.25) is 0 Å². The van der Waals surface area contributed by atoms with Gasteiger partial charge in [0.25, 0.3) is 0 Å². The van der Waals surface area contributed by atoms with Gasteiger partial charge in [0.05, 0.1) is 5.39 Å². The van der Waals surface area contributed by atoms with E-state index in [9.17, 15) is 0 Å². The summed E-state index contributed by atoms with van der Waals surface area (Å²) in [4.78, 5) is 7.27. The summed E-state index contributed by atoms with van der Waals surface area (Å²) in [5.74, 6) is 1.56. The van der Waals surface area contributed by atoms with Gasteiger partial charge in [0.15, 0.2) is 0 Å². The number of anilines is 1. The Morgan fingerprint density at radius 2 is 2.11 bits per heavy atom. The van der Waals surface area contributed by atoms with Gasteiger partial charge in [-0.3, -0.25) is 0 Å². The zero-order chi connectivity index (χ0) is 12.5. The van der Waals surface area contributed by atoms with E-state index in [0.29, 0.717) is 0 Å². The third-order valence-corrected chi connectivity index (χ3v) is 2.89. The first-order valence-electron chi connectivity index (χ1n) is 5.70. The Morgan fingerprint density at radius 3 is 2.94 bits per heavy atom. The Kier molecular flexibility index (Phi) is 2.41.